The van der Waals surface area contributed by atoms with E-state index in [1.54, 1.807) is 0 Å². The molecule has 1 aliphatic carbocycles. The van der Waals surface area contributed by atoms with Gasteiger partial charge in [-0.05, 0) is 59.1 Å². The van der Waals surface area contributed by atoms with E-state index in [-0.39, 0.29) is 24.9 Å². The van der Waals surface area contributed by atoms with Gasteiger partial charge in [-0.1, -0.05) is 14.4 Å². The Balaban J connectivity index is 0.00000243. The van der Waals surface area contributed by atoms with Crippen LogP contribution < -0.4 is 5.32 Å². The minimum Gasteiger partial charge on any atom is -0.375 e. The van der Waals surface area contributed by atoms with Gasteiger partial charge in [0, 0.05) is 11.7 Å². The summed E-state index contributed by atoms with van der Waals surface area (Å²) < 4.78 is 7.83. The second-order valence-corrected chi connectivity index (χ2v) is 8.00. The molecular formula is C20H32N4O2. The van der Waals surface area contributed by atoms with Crippen LogP contribution in [0.25, 0.3) is 11.2 Å². The van der Waals surface area contributed by atoms with Crippen molar-refractivity contribution in [2.75, 3.05) is 11.9 Å². The molecule has 1 saturated carbocycles. The highest BCUT2D eigenvalue weighted by atomic mass is 16.5. The van der Waals surface area contributed by atoms with Gasteiger partial charge in [-0.25, -0.2) is 9.97 Å². The molecule has 1 amide bonds. The normalized spacial score (nSPS) is 16.0. The molecule has 0 saturated heterocycles. The average molecular weight is 361 g/mol. The summed E-state index contributed by atoms with van der Waals surface area (Å²) in [6, 6.07) is 4.29. The van der Waals surface area contributed by atoms with Crippen LogP contribution in [0, 0.1) is 12.8 Å². The van der Waals surface area contributed by atoms with E-state index in [1.165, 1.54) is 6.42 Å². The zero-order chi connectivity index (χ0) is 18.2. The third-order valence-electron chi connectivity index (χ3n) is 4.57. The molecule has 1 fully saturated rings. The number of pyridine rings is 1. The van der Waals surface area contributed by atoms with Crippen molar-refractivity contribution in [2.24, 2.45) is 5.92 Å². The summed E-state index contributed by atoms with van der Waals surface area (Å²) in [4.78, 5) is 21.8. The van der Waals surface area contributed by atoms with Crippen LogP contribution in [0.2, 0.25) is 0 Å². The monoisotopic (exact) mass is 360 g/mol. The number of aryl methyl sites for hydroxylation is 1. The van der Waals surface area contributed by atoms with Gasteiger partial charge in [-0.15, -0.1) is 0 Å². The SMILES string of the molecule is C.Cc1ccc2nc(NC(=O)[C@@H](C)COC(C)(C)C)n(C3CCC3)c2n1. The van der Waals surface area contributed by atoms with Crippen molar-refractivity contribution in [3.63, 3.8) is 0 Å². The summed E-state index contributed by atoms with van der Waals surface area (Å²) in [5.41, 5.74) is 2.39. The molecule has 6 heteroatoms. The third-order valence-corrected chi connectivity index (χ3v) is 4.57. The first-order chi connectivity index (χ1) is 11.7. The van der Waals surface area contributed by atoms with Gasteiger partial charge in [0.2, 0.25) is 11.9 Å². The minimum absolute atomic E-state index is 0. The van der Waals surface area contributed by atoms with Crippen LogP contribution in [-0.2, 0) is 9.53 Å². The Bertz CT molecular complexity index is 772. The van der Waals surface area contributed by atoms with Crippen molar-refractivity contribution in [3.8, 4) is 0 Å². The Kier molecular flexibility index (Phi) is 6.06. The number of imidazole rings is 1. The Morgan fingerprint density at radius 2 is 2.04 bits per heavy atom. The first-order valence-corrected chi connectivity index (χ1v) is 9.05. The molecular weight excluding hydrogens is 328 g/mol. The standard InChI is InChI=1S/C19H28N4O2.CH4/c1-12(11-25-19(3,4)5)17(24)22-18-21-15-10-9-13(2)20-16(15)23(18)14-7-6-8-14;/h9-10,12,14H,6-8,11H2,1-5H3,(H,21,22,24);1H4/t12-;/m0./s1. The number of amides is 1. The summed E-state index contributed by atoms with van der Waals surface area (Å²) in [5.74, 6) is 0.283. The van der Waals surface area contributed by atoms with Crippen molar-refractivity contribution >= 4 is 23.0 Å². The number of anilines is 1. The van der Waals surface area contributed by atoms with Crippen molar-refractivity contribution in [3.05, 3.63) is 17.8 Å². The fourth-order valence-corrected chi connectivity index (χ4v) is 2.83. The molecule has 0 radical (unpaired) electrons. The number of hydrogen-bond donors (Lipinski definition) is 1. The Labute approximate surface area is 156 Å². The number of hydrogen-bond acceptors (Lipinski definition) is 4. The number of aromatic nitrogens is 3. The molecule has 1 aliphatic rings. The molecule has 2 aromatic heterocycles. The van der Waals surface area contributed by atoms with E-state index < -0.39 is 0 Å². The first kappa shape index (κ1) is 20.4. The number of fused-ring (bicyclic) bond motifs is 1. The maximum Gasteiger partial charge on any atom is 0.231 e. The lowest BCUT2D eigenvalue weighted by Crippen LogP contribution is -2.30. The van der Waals surface area contributed by atoms with Crippen LogP contribution in [0.5, 0.6) is 0 Å². The topological polar surface area (TPSA) is 69.0 Å². The van der Waals surface area contributed by atoms with Crippen LogP contribution in [0.1, 0.15) is 66.1 Å². The Morgan fingerprint density at radius 1 is 1.35 bits per heavy atom. The number of nitrogens with one attached hydrogen (secondary N) is 1. The van der Waals surface area contributed by atoms with Gasteiger partial charge in [0.05, 0.1) is 18.1 Å². The van der Waals surface area contributed by atoms with E-state index >= 15 is 0 Å². The maximum atomic E-state index is 12.6. The summed E-state index contributed by atoms with van der Waals surface area (Å²) in [7, 11) is 0. The molecule has 0 bridgehead atoms. The first-order valence-electron chi connectivity index (χ1n) is 9.05. The second kappa shape index (κ2) is 7.74. The van der Waals surface area contributed by atoms with Crippen molar-refractivity contribution in [2.45, 2.75) is 73.0 Å². The quantitative estimate of drug-likeness (QED) is 0.853. The fourth-order valence-electron chi connectivity index (χ4n) is 2.83. The number of nitrogens with zero attached hydrogens (tertiary/aromatic N) is 3. The van der Waals surface area contributed by atoms with Crippen molar-refractivity contribution in [1.29, 1.82) is 0 Å². The maximum absolute atomic E-state index is 12.6. The molecule has 0 aliphatic heterocycles. The predicted molar refractivity (Wildman–Crippen MR) is 105 cm³/mol. The van der Waals surface area contributed by atoms with Crippen LogP contribution in [0.15, 0.2) is 12.1 Å². The highest BCUT2D eigenvalue weighted by Gasteiger charge is 2.27. The predicted octanol–water partition coefficient (Wildman–Crippen LogP) is 4.49. The molecule has 2 aromatic rings. The van der Waals surface area contributed by atoms with Gasteiger partial charge in [-0.3, -0.25) is 14.7 Å². The highest BCUT2D eigenvalue weighted by molar-refractivity contribution is 5.92. The van der Waals surface area contributed by atoms with Gasteiger partial charge in [0.15, 0.2) is 5.65 Å². The van der Waals surface area contributed by atoms with Crippen LogP contribution >= 0.6 is 0 Å². The smallest absolute Gasteiger partial charge is 0.231 e. The van der Waals surface area contributed by atoms with E-state index in [2.05, 4.69) is 19.9 Å². The van der Waals surface area contributed by atoms with Gasteiger partial charge in [0.25, 0.3) is 0 Å². The second-order valence-electron chi connectivity index (χ2n) is 8.00. The summed E-state index contributed by atoms with van der Waals surface area (Å²) in [6.45, 7) is 10.2. The lowest BCUT2D eigenvalue weighted by molar-refractivity contribution is -0.123. The van der Waals surface area contributed by atoms with E-state index in [9.17, 15) is 4.79 Å². The highest BCUT2D eigenvalue weighted by Crippen LogP contribution is 2.36. The van der Waals surface area contributed by atoms with Gasteiger partial charge in [0.1, 0.15) is 5.52 Å². The number of rotatable bonds is 5. The van der Waals surface area contributed by atoms with E-state index in [0.29, 0.717) is 18.6 Å². The van der Waals surface area contributed by atoms with Crippen molar-refractivity contribution < 1.29 is 9.53 Å². The third kappa shape index (κ3) is 4.41. The molecule has 2 heterocycles. The molecule has 26 heavy (non-hydrogen) atoms. The Hall–Kier alpha value is -1.95. The number of carbonyl (C=O) groups excluding carboxylic acids is 1. The fraction of sp³-hybridized carbons (Fsp3) is 0.650. The molecule has 1 atom stereocenters. The molecule has 0 unspecified atom stereocenters. The van der Waals surface area contributed by atoms with E-state index in [0.717, 1.165) is 29.7 Å². The summed E-state index contributed by atoms with van der Waals surface area (Å²) in [5, 5.41) is 3.00. The molecule has 3 rings (SSSR count). The van der Waals surface area contributed by atoms with Gasteiger partial charge < -0.3 is 4.74 Å². The molecule has 144 valence electrons. The molecule has 0 aromatic carbocycles. The lowest BCUT2D eigenvalue weighted by atomic mass is 9.93. The molecule has 0 spiro atoms. The van der Waals surface area contributed by atoms with E-state index in [1.807, 2.05) is 46.8 Å². The van der Waals surface area contributed by atoms with Crippen LogP contribution in [0.4, 0.5) is 5.95 Å². The molecule has 6 nitrogen and oxygen atoms in total. The largest absolute Gasteiger partial charge is 0.375 e. The zero-order valence-corrected chi connectivity index (χ0v) is 15.8. The van der Waals surface area contributed by atoms with Gasteiger partial charge >= 0.3 is 0 Å². The minimum atomic E-state index is -0.255. The number of carbonyl (C=O) groups is 1. The number of ether oxygens (including phenoxy) is 1. The summed E-state index contributed by atoms with van der Waals surface area (Å²) in [6.07, 6.45) is 3.42. The van der Waals surface area contributed by atoms with E-state index in [4.69, 9.17) is 4.74 Å². The van der Waals surface area contributed by atoms with Crippen LogP contribution in [-0.4, -0.2) is 32.7 Å². The lowest BCUT2D eigenvalue weighted by Gasteiger charge is -2.29. The van der Waals surface area contributed by atoms with Crippen molar-refractivity contribution in [1.82, 2.24) is 14.5 Å². The van der Waals surface area contributed by atoms with Crippen LogP contribution in [0.3, 0.4) is 0 Å². The zero-order valence-electron chi connectivity index (χ0n) is 15.8. The Morgan fingerprint density at radius 3 is 2.62 bits per heavy atom. The van der Waals surface area contributed by atoms with Gasteiger partial charge in [-0.2, -0.15) is 0 Å². The summed E-state index contributed by atoms with van der Waals surface area (Å²) >= 11 is 0. The average Bonchev–Trinajstić information content (AvgIpc) is 2.80. The molecule has 1 N–H and O–H groups in total.